The maximum atomic E-state index is 12.6. The Hall–Kier alpha value is -1.21. The van der Waals surface area contributed by atoms with Crippen LogP contribution in [0.2, 0.25) is 0 Å². The van der Waals surface area contributed by atoms with Crippen molar-refractivity contribution in [1.29, 1.82) is 0 Å². The second kappa shape index (κ2) is 5.65. The number of Topliss-reactive ketones (excluding diaryl/α,β-unsaturated/α-hetero) is 1. The summed E-state index contributed by atoms with van der Waals surface area (Å²) in [6.45, 7) is 6.39. The van der Waals surface area contributed by atoms with Crippen LogP contribution >= 0.6 is 0 Å². The van der Waals surface area contributed by atoms with Crippen LogP contribution in [0, 0.1) is 6.92 Å². The summed E-state index contributed by atoms with van der Waals surface area (Å²) in [6.07, 6.45) is 3.40. The summed E-state index contributed by atoms with van der Waals surface area (Å²) in [5.41, 5.74) is 0. The number of imidazole rings is 1. The predicted octanol–water partition coefficient (Wildman–Crippen LogP) is 1.34. The van der Waals surface area contributed by atoms with Crippen molar-refractivity contribution in [2.24, 2.45) is 0 Å². The minimum atomic E-state index is -3.60. The molecule has 1 aliphatic rings. The van der Waals surface area contributed by atoms with Crippen LogP contribution in [0.4, 0.5) is 0 Å². The molecule has 20 heavy (non-hydrogen) atoms. The predicted molar refractivity (Wildman–Crippen MR) is 74.8 cm³/mol. The molecule has 6 nitrogen and oxygen atoms in total. The lowest BCUT2D eigenvalue weighted by atomic mass is 10.1. The van der Waals surface area contributed by atoms with Gasteiger partial charge in [0.05, 0.1) is 0 Å². The molecular weight excluding hydrogens is 278 g/mol. The van der Waals surface area contributed by atoms with Crippen molar-refractivity contribution in [3.63, 3.8) is 0 Å². The Morgan fingerprint density at radius 3 is 2.75 bits per heavy atom. The van der Waals surface area contributed by atoms with E-state index in [1.165, 1.54) is 11.2 Å². The van der Waals surface area contributed by atoms with Crippen LogP contribution in [0.5, 0.6) is 0 Å². The zero-order valence-electron chi connectivity index (χ0n) is 12.2. The van der Waals surface area contributed by atoms with Gasteiger partial charge in [0.15, 0.2) is 5.03 Å². The molecule has 1 atom stereocenters. The van der Waals surface area contributed by atoms with Crippen LogP contribution in [0.3, 0.4) is 0 Å². The van der Waals surface area contributed by atoms with Gasteiger partial charge in [-0.05, 0) is 33.6 Å². The Morgan fingerprint density at radius 2 is 2.20 bits per heavy atom. The van der Waals surface area contributed by atoms with Crippen molar-refractivity contribution >= 4 is 15.8 Å². The second-order valence-electron chi connectivity index (χ2n) is 5.23. The number of hydrogen-bond donors (Lipinski definition) is 0. The van der Waals surface area contributed by atoms with Gasteiger partial charge < -0.3 is 4.57 Å². The topological polar surface area (TPSA) is 72.3 Å². The van der Waals surface area contributed by atoms with Crippen molar-refractivity contribution < 1.29 is 13.2 Å². The van der Waals surface area contributed by atoms with Gasteiger partial charge in [-0.3, -0.25) is 4.79 Å². The average Bonchev–Trinajstić information content (AvgIpc) is 2.95. The number of nitrogens with zero attached hydrogens (tertiary/aromatic N) is 3. The quantitative estimate of drug-likeness (QED) is 0.822. The van der Waals surface area contributed by atoms with Crippen molar-refractivity contribution in [1.82, 2.24) is 13.9 Å². The summed E-state index contributed by atoms with van der Waals surface area (Å²) in [7, 11) is -3.60. The molecule has 0 saturated carbocycles. The number of hydrogen-bond acceptors (Lipinski definition) is 4. The third-order valence-corrected chi connectivity index (χ3v) is 5.54. The van der Waals surface area contributed by atoms with Gasteiger partial charge in [0, 0.05) is 31.7 Å². The summed E-state index contributed by atoms with van der Waals surface area (Å²) >= 11 is 0. The molecule has 1 aromatic rings. The van der Waals surface area contributed by atoms with Gasteiger partial charge in [-0.25, -0.2) is 13.4 Å². The molecule has 1 aliphatic heterocycles. The summed E-state index contributed by atoms with van der Waals surface area (Å²) < 4.78 is 28.5. The minimum absolute atomic E-state index is 0.0207. The monoisotopic (exact) mass is 299 g/mol. The van der Waals surface area contributed by atoms with Crippen LogP contribution in [0.1, 0.15) is 38.9 Å². The lowest BCUT2D eigenvalue weighted by molar-refractivity contribution is -0.117. The maximum absolute atomic E-state index is 12.6. The third kappa shape index (κ3) is 2.78. The molecule has 2 heterocycles. The fourth-order valence-corrected chi connectivity index (χ4v) is 4.40. The van der Waals surface area contributed by atoms with Gasteiger partial charge in [0.1, 0.15) is 11.6 Å². The van der Waals surface area contributed by atoms with Crippen molar-refractivity contribution in [3.05, 3.63) is 12.0 Å². The van der Waals surface area contributed by atoms with Crippen LogP contribution < -0.4 is 0 Å². The van der Waals surface area contributed by atoms with E-state index >= 15 is 0 Å². The first-order chi connectivity index (χ1) is 9.36. The highest BCUT2D eigenvalue weighted by Crippen LogP contribution is 2.27. The van der Waals surface area contributed by atoms with E-state index in [1.54, 1.807) is 13.1 Å². The molecule has 0 aromatic carbocycles. The molecule has 7 heteroatoms. The molecule has 0 radical (unpaired) electrons. The van der Waals surface area contributed by atoms with Crippen LogP contribution in [0.15, 0.2) is 11.2 Å². The number of aromatic nitrogens is 2. The van der Waals surface area contributed by atoms with E-state index in [-0.39, 0.29) is 23.3 Å². The Labute approximate surface area is 119 Å². The molecule has 112 valence electrons. The van der Waals surface area contributed by atoms with Gasteiger partial charge in [0.2, 0.25) is 0 Å². The molecule has 1 unspecified atom stereocenters. The molecule has 1 aromatic heterocycles. The summed E-state index contributed by atoms with van der Waals surface area (Å²) in [6, 6.07) is -0.218. The van der Waals surface area contributed by atoms with E-state index in [2.05, 4.69) is 4.98 Å². The number of sulfonamides is 1. The van der Waals surface area contributed by atoms with Gasteiger partial charge in [0.25, 0.3) is 10.0 Å². The second-order valence-corrected chi connectivity index (χ2v) is 7.07. The molecule has 0 N–H and O–H groups in total. The molecule has 1 saturated heterocycles. The van der Waals surface area contributed by atoms with E-state index in [9.17, 15) is 13.2 Å². The largest absolute Gasteiger partial charge is 0.334 e. The Balaban J connectivity index is 2.31. The maximum Gasteiger partial charge on any atom is 0.262 e. The van der Waals surface area contributed by atoms with Gasteiger partial charge >= 0.3 is 0 Å². The fourth-order valence-electron chi connectivity index (χ4n) is 2.71. The first kappa shape index (κ1) is 15.2. The van der Waals surface area contributed by atoms with Crippen LogP contribution in [0.25, 0.3) is 0 Å². The molecule has 1 fully saturated rings. The number of rotatable bonds is 5. The number of aryl methyl sites for hydroxylation is 2. The molecule has 2 rings (SSSR count). The number of carbonyl (C=O) groups excluding carboxylic acids is 1. The standard InChI is InChI=1S/C13H21N3O3S/c1-4-15-9-13(14-11(15)3)20(18,19)16-7-5-6-12(16)8-10(2)17/h9,12H,4-8H2,1-3H3. The van der Waals surface area contributed by atoms with Crippen molar-refractivity contribution in [2.45, 2.75) is 57.6 Å². The van der Waals surface area contributed by atoms with E-state index in [0.717, 1.165) is 12.8 Å². The number of carbonyl (C=O) groups is 1. The zero-order valence-corrected chi connectivity index (χ0v) is 13.0. The molecule has 0 amide bonds. The van der Waals surface area contributed by atoms with E-state index in [1.807, 2.05) is 11.5 Å². The molecule has 0 aliphatic carbocycles. The number of ketones is 1. The van der Waals surface area contributed by atoms with Crippen molar-refractivity contribution in [2.75, 3.05) is 6.54 Å². The van der Waals surface area contributed by atoms with Crippen LogP contribution in [-0.4, -0.2) is 40.6 Å². The lowest BCUT2D eigenvalue weighted by Gasteiger charge is -2.22. The summed E-state index contributed by atoms with van der Waals surface area (Å²) in [4.78, 5) is 15.4. The van der Waals surface area contributed by atoms with Gasteiger partial charge in [-0.1, -0.05) is 0 Å². The van der Waals surface area contributed by atoms with E-state index in [4.69, 9.17) is 0 Å². The van der Waals surface area contributed by atoms with Crippen molar-refractivity contribution in [3.8, 4) is 0 Å². The summed E-state index contributed by atoms with van der Waals surface area (Å²) in [5.74, 6) is 0.709. The van der Waals surface area contributed by atoms with Gasteiger partial charge in [-0.2, -0.15) is 4.31 Å². The highest BCUT2D eigenvalue weighted by atomic mass is 32.2. The van der Waals surface area contributed by atoms with Gasteiger partial charge in [-0.15, -0.1) is 0 Å². The SMILES string of the molecule is CCn1cc(S(=O)(=O)N2CCCC2CC(C)=O)nc1C. The third-order valence-electron chi connectivity index (χ3n) is 3.71. The first-order valence-electron chi connectivity index (χ1n) is 6.91. The fraction of sp³-hybridized carbons (Fsp3) is 0.692. The smallest absolute Gasteiger partial charge is 0.262 e. The molecule has 0 bridgehead atoms. The Morgan fingerprint density at radius 1 is 1.50 bits per heavy atom. The van der Waals surface area contributed by atoms with E-state index < -0.39 is 10.0 Å². The average molecular weight is 299 g/mol. The highest BCUT2D eigenvalue weighted by Gasteiger charge is 2.37. The molecule has 0 spiro atoms. The Kier molecular flexibility index (Phi) is 4.29. The van der Waals surface area contributed by atoms with E-state index in [0.29, 0.717) is 18.9 Å². The van der Waals surface area contributed by atoms with Crippen LogP contribution in [-0.2, 0) is 21.4 Å². The first-order valence-corrected chi connectivity index (χ1v) is 8.35. The normalized spacial score (nSPS) is 20.4. The Bertz CT molecular complexity index is 606. The zero-order chi connectivity index (χ0) is 14.9. The molecular formula is C13H21N3O3S. The minimum Gasteiger partial charge on any atom is -0.334 e. The highest BCUT2D eigenvalue weighted by molar-refractivity contribution is 7.89. The lowest BCUT2D eigenvalue weighted by Crippen LogP contribution is -2.36. The summed E-state index contributed by atoms with van der Waals surface area (Å²) in [5, 5.41) is 0.0901.